The number of ether oxygens (including phenoxy) is 2. The van der Waals surface area contributed by atoms with Crippen molar-refractivity contribution in [2.45, 2.75) is 51.4 Å². The highest BCUT2D eigenvalue weighted by molar-refractivity contribution is 5.52. The van der Waals surface area contributed by atoms with Crippen LogP contribution in [-0.4, -0.2) is 0 Å². The van der Waals surface area contributed by atoms with Crippen LogP contribution in [0.1, 0.15) is 54.4 Å². The van der Waals surface area contributed by atoms with Crippen LogP contribution < -0.4 is 20.9 Å². The van der Waals surface area contributed by atoms with Gasteiger partial charge in [-0.05, 0) is 110 Å². The van der Waals surface area contributed by atoms with Crippen LogP contribution in [0.2, 0.25) is 0 Å². The summed E-state index contributed by atoms with van der Waals surface area (Å²) >= 11 is 0. The summed E-state index contributed by atoms with van der Waals surface area (Å²) in [6.45, 7) is 3.98. The van der Waals surface area contributed by atoms with E-state index in [-0.39, 0.29) is 5.41 Å². The van der Waals surface area contributed by atoms with Gasteiger partial charge in [-0.25, -0.2) is 0 Å². The van der Waals surface area contributed by atoms with E-state index in [1.807, 2.05) is 50.2 Å². The monoisotopic (exact) mass is 478 g/mol. The molecule has 4 nitrogen and oxygen atoms in total. The van der Waals surface area contributed by atoms with Gasteiger partial charge in [-0.1, -0.05) is 43.5 Å². The van der Waals surface area contributed by atoms with Gasteiger partial charge in [0, 0.05) is 16.8 Å². The summed E-state index contributed by atoms with van der Waals surface area (Å²) in [5.74, 6) is 3.26. The fourth-order valence-corrected chi connectivity index (χ4v) is 5.28. The third-order valence-electron chi connectivity index (χ3n) is 7.47. The number of rotatable bonds is 6. The first kappa shape index (κ1) is 23.8. The molecule has 184 valence electrons. The molecule has 1 saturated carbocycles. The summed E-state index contributed by atoms with van der Waals surface area (Å²) in [7, 11) is 0. The number of hydrogen-bond donors (Lipinski definition) is 2. The highest BCUT2D eigenvalue weighted by atomic mass is 16.5. The molecule has 1 aliphatic carbocycles. The smallest absolute Gasteiger partial charge is 0.127 e. The summed E-state index contributed by atoms with van der Waals surface area (Å²) in [6.07, 6.45) is 6.03. The molecule has 1 aliphatic rings. The van der Waals surface area contributed by atoms with E-state index in [9.17, 15) is 0 Å². The van der Waals surface area contributed by atoms with E-state index in [1.54, 1.807) is 0 Å². The van der Waals surface area contributed by atoms with Gasteiger partial charge in [0.1, 0.15) is 23.0 Å². The zero-order chi connectivity index (χ0) is 25.1. The molecule has 0 spiro atoms. The van der Waals surface area contributed by atoms with Crippen LogP contribution in [0.15, 0.2) is 84.9 Å². The average molecular weight is 479 g/mol. The predicted molar refractivity (Wildman–Crippen MR) is 148 cm³/mol. The molecule has 4 N–H and O–H groups in total. The summed E-state index contributed by atoms with van der Waals surface area (Å²) in [4.78, 5) is 0. The lowest BCUT2D eigenvalue weighted by Gasteiger charge is -2.38. The third kappa shape index (κ3) is 4.90. The van der Waals surface area contributed by atoms with Gasteiger partial charge in [-0.15, -0.1) is 0 Å². The maximum absolute atomic E-state index is 6.10. The second kappa shape index (κ2) is 9.98. The van der Waals surface area contributed by atoms with Crippen molar-refractivity contribution in [1.29, 1.82) is 0 Å². The van der Waals surface area contributed by atoms with Gasteiger partial charge in [-0.2, -0.15) is 0 Å². The molecule has 0 unspecified atom stereocenters. The SMILES string of the molecule is Cc1cc(Oc2ccc(C3(c4ccc(Oc5ccc(N)c(C)c5)cc4)CCCCC3)cc2)ccc1N. The molecule has 0 amide bonds. The minimum Gasteiger partial charge on any atom is -0.457 e. The summed E-state index contributed by atoms with van der Waals surface area (Å²) in [5.41, 5.74) is 18.2. The molecule has 0 aromatic heterocycles. The minimum atomic E-state index is 0.00484. The largest absolute Gasteiger partial charge is 0.457 e. The van der Waals surface area contributed by atoms with Crippen LogP contribution in [-0.2, 0) is 5.41 Å². The molecule has 0 heterocycles. The minimum absolute atomic E-state index is 0.00484. The van der Waals surface area contributed by atoms with Gasteiger partial charge in [0.2, 0.25) is 0 Å². The zero-order valence-corrected chi connectivity index (χ0v) is 21.1. The van der Waals surface area contributed by atoms with Crippen molar-refractivity contribution in [3.63, 3.8) is 0 Å². The maximum atomic E-state index is 6.10. The Morgan fingerprint density at radius 3 is 1.31 bits per heavy atom. The van der Waals surface area contributed by atoms with Gasteiger partial charge < -0.3 is 20.9 Å². The lowest BCUT2D eigenvalue weighted by atomic mass is 9.65. The van der Waals surface area contributed by atoms with Crippen molar-refractivity contribution >= 4 is 11.4 Å². The first-order valence-corrected chi connectivity index (χ1v) is 12.7. The fourth-order valence-electron chi connectivity index (χ4n) is 5.28. The van der Waals surface area contributed by atoms with E-state index in [2.05, 4.69) is 48.5 Å². The van der Waals surface area contributed by atoms with Crippen LogP contribution in [0.5, 0.6) is 23.0 Å². The second-order valence-corrected chi connectivity index (χ2v) is 9.93. The standard InChI is InChI=1S/C32H34N2O2/c1-22-20-28(14-16-30(22)33)35-26-10-6-24(7-11-26)32(18-4-3-5-19-32)25-8-12-27(13-9-25)36-29-15-17-31(34)23(2)21-29/h6-17,20-21H,3-5,18-19,33-34H2,1-2H3. The Kier molecular flexibility index (Phi) is 6.60. The summed E-state index contributed by atoms with van der Waals surface area (Å²) in [6, 6.07) is 28.8. The predicted octanol–water partition coefficient (Wildman–Crippen LogP) is 8.30. The van der Waals surface area contributed by atoms with Gasteiger partial charge >= 0.3 is 0 Å². The molecule has 4 aromatic carbocycles. The highest BCUT2D eigenvalue weighted by Gasteiger charge is 2.35. The van der Waals surface area contributed by atoms with Crippen LogP contribution in [0, 0.1) is 13.8 Å². The number of benzene rings is 4. The van der Waals surface area contributed by atoms with Crippen molar-refractivity contribution in [3.05, 3.63) is 107 Å². The van der Waals surface area contributed by atoms with Crippen LogP contribution >= 0.6 is 0 Å². The fraction of sp³-hybridized carbons (Fsp3) is 0.250. The summed E-state index contributed by atoms with van der Waals surface area (Å²) in [5, 5.41) is 0. The molecule has 0 atom stereocenters. The first-order chi connectivity index (χ1) is 17.4. The molecule has 4 aromatic rings. The molecule has 5 rings (SSSR count). The van der Waals surface area contributed by atoms with E-state index in [0.717, 1.165) is 58.3 Å². The second-order valence-electron chi connectivity index (χ2n) is 9.93. The summed E-state index contributed by atoms with van der Waals surface area (Å²) < 4.78 is 12.2. The number of anilines is 2. The Morgan fingerprint density at radius 1 is 0.528 bits per heavy atom. The van der Waals surface area contributed by atoms with Crippen molar-refractivity contribution in [1.82, 2.24) is 0 Å². The van der Waals surface area contributed by atoms with Gasteiger partial charge in [0.15, 0.2) is 0 Å². The molecule has 0 aliphatic heterocycles. The Bertz CT molecular complexity index is 1240. The van der Waals surface area contributed by atoms with E-state index >= 15 is 0 Å². The molecule has 4 heteroatoms. The van der Waals surface area contributed by atoms with Gasteiger partial charge in [0.25, 0.3) is 0 Å². The molecule has 1 fully saturated rings. The molecule has 36 heavy (non-hydrogen) atoms. The molecular formula is C32H34N2O2. The van der Waals surface area contributed by atoms with Crippen molar-refractivity contribution in [2.24, 2.45) is 0 Å². The van der Waals surface area contributed by atoms with E-state index < -0.39 is 0 Å². The van der Waals surface area contributed by atoms with Crippen LogP contribution in [0.3, 0.4) is 0 Å². The third-order valence-corrected chi connectivity index (χ3v) is 7.47. The average Bonchev–Trinajstić information content (AvgIpc) is 2.90. The lowest BCUT2D eigenvalue weighted by Crippen LogP contribution is -2.30. The Labute approximate surface area is 213 Å². The normalized spacial score (nSPS) is 14.8. The Hall–Kier alpha value is -3.92. The van der Waals surface area contributed by atoms with Crippen molar-refractivity contribution in [2.75, 3.05) is 11.5 Å². The Balaban J connectivity index is 1.38. The molecular weight excluding hydrogens is 444 g/mol. The number of nitrogens with two attached hydrogens (primary N) is 2. The topological polar surface area (TPSA) is 70.5 Å². The van der Waals surface area contributed by atoms with Gasteiger partial charge in [0.05, 0.1) is 0 Å². The first-order valence-electron chi connectivity index (χ1n) is 12.7. The van der Waals surface area contributed by atoms with E-state index in [1.165, 1.54) is 30.4 Å². The number of nitrogen functional groups attached to an aromatic ring is 2. The maximum Gasteiger partial charge on any atom is 0.127 e. The Morgan fingerprint density at radius 2 is 0.917 bits per heavy atom. The number of hydrogen-bond acceptors (Lipinski definition) is 4. The van der Waals surface area contributed by atoms with Crippen molar-refractivity contribution in [3.8, 4) is 23.0 Å². The van der Waals surface area contributed by atoms with E-state index in [4.69, 9.17) is 20.9 Å². The quantitative estimate of drug-likeness (QED) is 0.273. The van der Waals surface area contributed by atoms with Crippen LogP contribution in [0.25, 0.3) is 0 Å². The van der Waals surface area contributed by atoms with E-state index in [0.29, 0.717) is 0 Å². The number of aryl methyl sites for hydroxylation is 2. The van der Waals surface area contributed by atoms with Crippen LogP contribution in [0.4, 0.5) is 11.4 Å². The van der Waals surface area contributed by atoms with Crippen molar-refractivity contribution < 1.29 is 9.47 Å². The van der Waals surface area contributed by atoms with Gasteiger partial charge in [-0.3, -0.25) is 0 Å². The zero-order valence-electron chi connectivity index (χ0n) is 21.1. The molecule has 0 bridgehead atoms. The molecule has 0 radical (unpaired) electrons. The highest BCUT2D eigenvalue weighted by Crippen LogP contribution is 2.46. The molecule has 0 saturated heterocycles. The lowest BCUT2D eigenvalue weighted by molar-refractivity contribution is 0.345.